The van der Waals surface area contributed by atoms with Crippen molar-refractivity contribution in [3.8, 4) is 0 Å². The first-order valence-electron chi connectivity index (χ1n) is 2.61. The monoisotopic (exact) mass is 111 g/mol. The van der Waals surface area contributed by atoms with Crippen molar-refractivity contribution >= 4 is 0 Å². The highest BCUT2D eigenvalue weighted by molar-refractivity contribution is 5.01. The Hall–Kier alpha value is -0.920. The van der Waals surface area contributed by atoms with E-state index in [4.69, 9.17) is 5.11 Å². The van der Waals surface area contributed by atoms with Crippen LogP contribution >= 0.6 is 0 Å². The molecule has 0 aromatic carbocycles. The number of hydrogen-bond donors (Lipinski definition) is 1. The lowest BCUT2D eigenvalue weighted by molar-refractivity contribution is 0.400. The summed E-state index contributed by atoms with van der Waals surface area (Å²) >= 11 is 0. The van der Waals surface area contributed by atoms with Crippen LogP contribution in [0.2, 0.25) is 0 Å². The van der Waals surface area contributed by atoms with Crippen molar-refractivity contribution in [1.82, 2.24) is 4.90 Å². The maximum atomic E-state index is 8.80. The Morgan fingerprint density at radius 3 is 2.88 bits per heavy atom. The summed E-state index contributed by atoms with van der Waals surface area (Å²) in [5, 5.41) is 8.80. The molecular formula is C6H9NO. The summed E-state index contributed by atoms with van der Waals surface area (Å²) in [5.74, 6) is 0.449. The highest BCUT2D eigenvalue weighted by Gasteiger charge is 2.05. The van der Waals surface area contributed by atoms with E-state index in [0.717, 1.165) is 13.0 Å². The van der Waals surface area contributed by atoms with E-state index in [2.05, 4.69) is 6.58 Å². The maximum absolute atomic E-state index is 8.80. The highest BCUT2D eigenvalue weighted by Crippen LogP contribution is 2.09. The minimum Gasteiger partial charge on any atom is -0.511 e. The van der Waals surface area contributed by atoms with Crippen molar-refractivity contribution in [2.75, 3.05) is 6.54 Å². The van der Waals surface area contributed by atoms with Crippen LogP contribution in [0.1, 0.15) is 6.42 Å². The van der Waals surface area contributed by atoms with Gasteiger partial charge in [-0.3, -0.25) is 0 Å². The number of nitrogens with zero attached hydrogens (tertiary/aromatic N) is 1. The van der Waals surface area contributed by atoms with Crippen LogP contribution in [-0.2, 0) is 0 Å². The zero-order valence-electron chi connectivity index (χ0n) is 4.67. The molecule has 1 heterocycles. The zero-order chi connectivity index (χ0) is 5.98. The molecule has 1 rings (SSSR count). The molecule has 0 atom stereocenters. The Kier molecular flexibility index (Phi) is 1.24. The van der Waals surface area contributed by atoms with Crippen molar-refractivity contribution in [3.05, 3.63) is 24.7 Å². The van der Waals surface area contributed by atoms with Crippen LogP contribution in [-0.4, -0.2) is 16.6 Å². The van der Waals surface area contributed by atoms with Gasteiger partial charge in [0, 0.05) is 19.2 Å². The van der Waals surface area contributed by atoms with Gasteiger partial charge in [0.15, 0.2) is 0 Å². The molecule has 2 nitrogen and oxygen atoms in total. The predicted molar refractivity (Wildman–Crippen MR) is 32.2 cm³/mol. The molecule has 1 aliphatic rings. The first kappa shape index (κ1) is 5.22. The number of hydrogen-bond acceptors (Lipinski definition) is 2. The molecule has 0 spiro atoms. The van der Waals surface area contributed by atoms with Crippen molar-refractivity contribution in [2.45, 2.75) is 6.42 Å². The van der Waals surface area contributed by atoms with E-state index in [1.54, 1.807) is 12.4 Å². The molecule has 0 amide bonds. The minimum absolute atomic E-state index is 0.449. The summed E-state index contributed by atoms with van der Waals surface area (Å²) in [6.07, 6.45) is 4.14. The third-order valence-electron chi connectivity index (χ3n) is 1.18. The van der Waals surface area contributed by atoms with Gasteiger partial charge in [-0.25, -0.2) is 0 Å². The zero-order valence-corrected chi connectivity index (χ0v) is 4.67. The van der Waals surface area contributed by atoms with Gasteiger partial charge in [-0.1, -0.05) is 6.58 Å². The third-order valence-corrected chi connectivity index (χ3v) is 1.18. The second kappa shape index (κ2) is 1.90. The van der Waals surface area contributed by atoms with Crippen LogP contribution in [0.4, 0.5) is 0 Å². The second-order valence-corrected chi connectivity index (χ2v) is 1.79. The molecule has 0 unspecified atom stereocenters. The van der Waals surface area contributed by atoms with Gasteiger partial charge in [-0.05, 0) is 6.20 Å². The standard InChI is InChI=1S/C6H9NO/c1-2-7-4-3-6(8)5-7/h2,5,8H,1,3-4H2. The van der Waals surface area contributed by atoms with Gasteiger partial charge in [0.1, 0.15) is 5.76 Å². The average molecular weight is 111 g/mol. The first-order chi connectivity index (χ1) is 3.83. The maximum Gasteiger partial charge on any atom is 0.110 e. The van der Waals surface area contributed by atoms with Gasteiger partial charge < -0.3 is 10.0 Å². The van der Waals surface area contributed by atoms with Crippen LogP contribution < -0.4 is 0 Å². The molecule has 0 radical (unpaired) electrons. The lowest BCUT2D eigenvalue weighted by Gasteiger charge is -2.03. The third kappa shape index (κ3) is 0.832. The van der Waals surface area contributed by atoms with Crippen molar-refractivity contribution < 1.29 is 5.11 Å². The van der Waals surface area contributed by atoms with E-state index in [-0.39, 0.29) is 0 Å². The van der Waals surface area contributed by atoms with Crippen molar-refractivity contribution in [1.29, 1.82) is 0 Å². The molecule has 44 valence electrons. The Morgan fingerprint density at radius 2 is 2.62 bits per heavy atom. The van der Waals surface area contributed by atoms with Gasteiger partial charge >= 0.3 is 0 Å². The van der Waals surface area contributed by atoms with Gasteiger partial charge in [-0.15, -0.1) is 0 Å². The van der Waals surface area contributed by atoms with Crippen molar-refractivity contribution in [3.63, 3.8) is 0 Å². The quantitative estimate of drug-likeness (QED) is 0.550. The van der Waals surface area contributed by atoms with Crippen molar-refractivity contribution in [2.24, 2.45) is 0 Å². The Labute approximate surface area is 48.7 Å². The van der Waals surface area contributed by atoms with E-state index >= 15 is 0 Å². The summed E-state index contributed by atoms with van der Waals surface area (Å²) in [6.45, 7) is 4.42. The summed E-state index contributed by atoms with van der Waals surface area (Å²) < 4.78 is 0. The molecule has 0 aromatic rings. The summed E-state index contributed by atoms with van der Waals surface area (Å²) in [5.41, 5.74) is 0. The van der Waals surface area contributed by atoms with Crippen LogP contribution in [0, 0.1) is 0 Å². The van der Waals surface area contributed by atoms with Crippen LogP contribution in [0.15, 0.2) is 24.7 Å². The predicted octanol–water partition coefficient (Wildman–Crippen LogP) is 1.23. The molecule has 0 aromatic heterocycles. The molecule has 1 N–H and O–H groups in total. The Bertz CT molecular complexity index is 128. The highest BCUT2D eigenvalue weighted by atomic mass is 16.3. The molecule has 0 aliphatic carbocycles. The fourth-order valence-corrected chi connectivity index (χ4v) is 0.708. The van der Waals surface area contributed by atoms with Gasteiger partial charge in [0.25, 0.3) is 0 Å². The minimum atomic E-state index is 0.449. The molecule has 8 heavy (non-hydrogen) atoms. The van der Waals surface area contributed by atoms with Gasteiger partial charge in [0.2, 0.25) is 0 Å². The number of aliphatic hydroxyl groups is 1. The van der Waals surface area contributed by atoms with E-state index in [9.17, 15) is 0 Å². The summed E-state index contributed by atoms with van der Waals surface area (Å²) in [4.78, 5) is 1.86. The van der Waals surface area contributed by atoms with Crippen LogP contribution in [0.3, 0.4) is 0 Å². The average Bonchev–Trinajstić information content (AvgIpc) is 2.14. The molecule has 0 fully saturated rings. The topological polar surface area (TPSA) is 23.5 Å². The normalized spacial score (nSPS) is 18.5. The van der Waals surface area contributed by atoms with E-state index < -0.39 is 0 Å². The molecular weight excluding hydrogens is 102 g/mol. The fourth-order valence-electron chi connectivity index (χ4n) is 0.708. The summed E-state index contributed by atoms with van der Waals surface area (Å²) in [7, 11) is 0. The molecule has 0 saturated carbocycles. The number of rotatable bonds is 1. The van der Waals surface area contributed by atoms with E-state index in [0.29, 0.717) is 5.76 Å². The van der Waals surface area contributed by atoms with Gasteiger partial charge in [-0.2, -0.15) is 0 Å². The van der Waals surface area contributed by atoms with Crippen LogP contribution in [0.25, 0.3) is 0 Å². The lowest BCUT2D eigenvalue weighted by Crippen LogP contribution is -2.02. The second-order valence-electron chi connectivity index (χ2n) is 1.79. The number of aliphatic hydroxyl groups excluding tert-OH is 1. The Morgan fingerprint density at radius 1 is 1.88 bits per heavy atom. The first-order valence-corrected chi connectivity index (χ1v) is 2.61. The fraction of sp³-hybridized carbons (Fsp3) is 0.333. The van der Waals surface area contributed by atoms with Gasteiger partial charge in [0.05, 0.1) is 0 Å². The summed E-state index contributed by atoms with van der Waals surface area (Å²) in [6, 6.07) is 0. The Balaban J connectivity index is 2.53. The SMILES string of the molecule is C=CN1C=C(O)CC1. The van der Waals surface area contributed by atoms with E-state index in [1.165, 1.54) is 0 Å². The lowest BCUT2D eigenvalue weighted by atomic mass is 10.4. The van der Waals surface area contributed by atoms with Crippen LogP contribution in [0.5, 0.6) is 0 Å². The molecule has 1 aliphatic heterocycles. The molecule has 0 saturated heterocycles. The smallest absolute Gasteiger partial charge is 0.110 e. The molecule has 2 heteroatoms. The van der Waals surface area contributed by atoms with E-state index in [1.807, 2.05) is 4.90 Å². The molecule has 0 bridgehead atoms. The largest absolute Gasteiger partial charge is 0.511 e.